The molecule has 0 saturated carbocycles. The van der Waals surface area contributed by atoms with Gasteiger partial charge < -0.3 is 9.64 Å². The quantitative estimate of drug-likeness (QED) is 0.692. The minimum Gasteiger partial charge on any atom is -0.370 e. The van der Waals surface area contributed by atoms with Crippen molar-refractivity contribution < 1.29 is 4.74 Å². The SMILES string of the molecule is Clc1ccc(-c2n[nH]nc2COC2CCN(CC3CCPCC3)C2)c(Cl)c1. The molecule has 0 amide bonds. The number of aromatic nitrogens is 3. The van der Waals surface area contributed by atoms with E-state index in [0.29, 0.717) is 16.7 Å². The highest BCUT2D eigenvalue weighted by molar-refractivity contribution is 7.38. The van der Waals surface area contributed by atoms with Crippen LogP contribution in [0.5, 0.6) is 0 Å². The topological polar surface area (TPSA) is 54.0 Å². The second-order valence-corrected chi connectivity index (χ2v) is 9.76. The van der Waals surface area contributed by atoms with Crippen LogP contribution >= 0.6 is 31.8 Å². The largest absolute Gasteiger partial charge is 0.370 e. The van der Waals surface area contributed by atoms with E-state index in [1.54, 1.807) is 6.07 Å². The van der Waals surface area contributed by atoms with Crippen molar-refractivity contribution in [2.45, 2.75) is 32.0 Å². The molecule has 8 heteroatoms. The normalized spacial score (nSPS) is 24.7. The molecule has 2 saturated heterocycles. The first kappa shape index (κ1) is 19.6. The van der Waals surface area contributed by atoms with Crippen molar-refractivity contribution in [3.05, 3.63) is 33.9 Å². The zero-order valence-corrected chi connectivity index (χ0v) is 17.8. The van der Waals surface area contributed by atoms with Crippen LogP contribution in [0.4, 0.5) is 0 Å². The van der Waals surface area contributed by atoms with Gasteiger partial charge in [-0.05, 0) is 55.7 Å². The molecule has 5 nitrogen and oxygen atoms in total. The molecule has 2 aliphatic rings. The average molecular weight is 427 g/mol. The number of likely N-dealkylation sites (tertiary alicyclic amines) is 1. The molecular formula is C19H25Cl2N4OP. The van der Waals surface area contributed by atoms with Gasteiger partial charge in [0.2, 0.25) is 0 Å². The molecule has 0 spiro atoms. The number of rotatable bonds is 6. The molecule has 1 atom stereocenters. The van der Waals surface area contributed by atoms with Gasteiger partial charge in [-0.3, -0.25) is 0 Å². The van der Waals surface area contributed by atoms with Crippen molar-refractivity contribution in [3.63, 3.8) is 0 Å². The van der Waals surface area contributed by atoms with E-state index in [1.807, 2.05) is 12.1 Å². The summed E-state index contributed by atoms with van der Waals surface area (Å²) in [6, 6.07) is 5.40. The zero-order chi connectivity index (χ0) is 18.6. The van der Waals surface area contributed by atoms with Crippen molar-refractivity contribution >= 4 is 31.8 Å². The minimum atomic E-state index is 0.265. The third-order valence-corrected chi connectivity index (χ3v) is 7.30. The summed E-state index contributed by atoms with van der Waals surface area (Å²) >= 11 is 12.3. The Balaban J connectivity index is 1.32. The number of nitrogens with one attached hydrogen (secondary N) is 1. The van der Waals surface area contributed by atoms with E-state index in [1.165, 1.54) is 40.3 Å². The number of benzene rings is 1. The molecule has 2 aliphatic heterocycles. The fourth-order valence-corrected chi connectivity index (χ4v) is 5.95. The summed E-state index contributed by atoms with van der Waals surface area (Å²) in [4.78, 5) is 2.57. The molecule has 1 N–H and O–H groups in total. The first-order valence-corrected chi connectivity index (χ1v) is 11.8. The summed E-state index contributed by atoms with van der Waals surface area (Å²) in [6.45, 7) is 3.83. The van der Waals surface area contributed by atoms with Crippen LogP contribution in [0.3, 0.4) is 0 Å². The van der Waals surface area contributed by atoms with E-state index < -0.39 is 0 Å². The number of ether oxygens (including phenoxy) is 1. The summed E-state index contributed by atoms with van der Waals surface area (Å²) in [5.74, 6) is 0.888. The fraction of sp³-hybridized carbons (Fsp3) is 0.579. The number of hydrogen-bond donors (Lipinski definition) is 1. The van der Waals surface area contributed by atoms with E-state index in [2.05, 4.69) is 20.3 Å². The van der Waals surface area contributed by atoms with Crippen LogP contribution in [0.1, 0.15) is 25.0 Å². The lowest BCUT2D eigenvalue weighted by molar-refractivity contribution is 0.0438. The van der Waals surface area contributed by atoms with Crippen molar-refractivity contribution in [2.24, 2.45) is 5.92 Å². The molecule has 1 aromatic carbocycles. The van der Waals surface area contributed by atoms with Gasteiger partial charge in [0.1, 0.15) is 11.4 Å². The average Bonchev–Trinajstić information content (AvgIpc) is 3.30. The Kier molecular flexibility index (Phi) is 6.67. The van der Waals surface area contributed by atoms with E-state index >= 15 is 0 Å². The molecule has 1 unspecified atom stereocenters. The first-order chi connectivity index (χ1) is 13.2. The van der Waals surface area contributed by atoms with Gasteiger partial charge in [0.15, 0.2) is 0 Å². The summed E-state index contributed by atoms with van der Waals surface area (Å²) in [5.41, 5.74) is 2.33. The zero-order valence-electron chi connectivity index (χ0n) is 15.3. The molecule has 0 radical (unpaired) electrons. The van der Waals surface area contributed by atoms with Crippen LogP contribution in [-0.2, 0) is 11.3 Å². The van der Waals surface area contributed by atoms with Crippen LogP contribution in [0.2, 0.25) is 10.0 Å². The summed E-state index contributed by atoms with van der Waals surface area (Å²) < 4.78 is 6.16. The molecule has 27 heavy (non-hydrogen) atoms. The van der Waals surface area contributed by atoms with Crippen molar-refractivity contribution in [1.82, 2.24) is 20.3 Å². The number of aromatic amines is 1. The van der Waals surface area contributed by atoms with E-state index in [-0.39, 0.29) is 6.10 Å². The number of H-pyrrole nitrogens is 1. The van der Waals surface area contributed by atoms with Gasteiger partial charge in [-0.1, -0.05) is 23.2 Å². The molecule has 3 heterocycles. The standard InChI is InChI=1S/C19H25Cl2N4OP/c20-14-1-2-16(17(21)9-14)19-18(22-24-23-19)12-26-15-3-6-25(11-15)10-13-4-7-27-8-5-13/h1-2,9,13,15,27H,3-8,10-12H2,(H,22,23,24). The van der Waals surface area contributed by atoms with Gasteiger partial charge in [0.05, 0.1) is 17.7 Å². The lowest BCUT2D eigenvalue weighted by Gasteiger charge is -2.26. The number of hydrogen-bond acceptors (Lipinski definition) is 4. The molecule has 4 rings (SSSR count). The van der Waals surface area contributed by atoms with Crippen molar-refractivity contribution in [1.29, 1.82) is 0 Å². The van der Waals surface area contributed by atoms with Gasteiger partial charge in [0.25, 0.3) is 0 Å². The van der Waals surface area contributed by atoms with Gasteiger partial charge in [-0.2, -0.15) is 15.4 Å². The third-order valence-electron chi connectivity index (χ3n) is 5.47. The van der Waals surface area contributed by atoms with E-state index in [9.17, 15) is 0 Å². The Bertz CT molecular complexity index is 766. The Morgan fingerprint density at radius 2 is 2.04 bits per heavy atom. The lowest BCUT2D eigenvalue weighted by Crippen LogP contribution is -2.30. The van der Waals surface area contributed by atoms with Gasteiger partial charge in [0, 0.05) is 30.2 Å². The first-order valence-electron chi connectivity index (χ1n) is 9.59. The maximum Gasteiger partial charge on any atom is 0.119 e. The molecule has 146 valence electrons. The molecule has 0 aliphatic carbocycles. The van der Waals surface area contributed by atoms with Gasteiger partial charge in [-0.25, -0.2) is 0 Å². The smallest absolute Gasteiger partial charge is 0.119 e. The number of halogens is 2. The highest BCUT2D eigenvalue weighted by Crippen LogP contribution is 2.31. The predicted octanol–water partition coefficient (Wildman–Crippen LogP) is 4.46. The van der Waals surface area contributed by atoms with Crippen molar-refractivity contribution in [3.8, 4) is 11.3 Å². The minimum absolute atomic E-state index is 0.265. The second-order valence-electron chi connectivity index (χ2n) is 7.42. The highest BCUT2D eigenvalue weighted by Gasteiger charge is 2.26. The Morgan fingerprint density at radius 3 is 2.85 bits per heavy atom. The van der Waals surface area contributed by atoms with Gasteiger partial charge in [-0.15, -0.1) is 8.58 Å². The summed E-state index contributed by atoms with van der Waals surface area (Å²) in [5, 5.41) is 12.4. The molecule has 0 bridgehead atoms. The van der Waals surface area contributed by atoms with Crippen LogP contribution < -0.4 is 0 Å². The maximum absolute atomic E-state index is 6.32. The van der Waals surface area contributed by atoms with Gasteiger partial charge >= 0.3 is 0 Å². The van der Waals surface area contributed by atoms with Crippen molar-refractivity contribution in [2.75, 3.05) is 32.0 Å². The van der Waals surface area contributed by atoms with Crippen LogP contribution in [0, 0.1) is 5.92 Å². The Labute approximate surface area is 171 Å². The third kappa shape index (κ3) is 5.02. The predicted molar refractivity (Wildman–Crippen MR) is 112 cm³/mol. The summed E-state index contributed by atoms with van der Waals surface area (Å²) in [7, 11) is 1.19. The number of nitrogens with zero attached hydrogens (tertiary/aromatic N) is 3. The highest BCUT2D eigenvalue weighted by atomic mass is 35.5. The molecule has 2 fully saturated rings. The Morgan fingerprint density at radius 1 is 1.19 bits per heavy atom. The fourth-order valence-electron chi connectivity index (χ4n) is 3.98. The van der Waals surface area contributed by atoms with E-state index in [4.69, 9.17) is 27.9 Å². The Hall–Kier alpha value is -0.710. The van der Waals surface area contributed by atoms with E-state index in [0.717, 1.165) is 42.4 Å². The monoisotopic (exact) mass is 426 g/mol. The molecular weight excluding hydrogens is 402 g/mol. The van der Waals surface area contributed by atoms with Crippen LogP contribution in [0.15, 0.2) is 18.2 Å². The van der Waals surface area contributed by atoms with Crippen LogP contribution in [-0.4, -0.2) is 58.4 Å². The second kappa shape index (κ2) is 9.19. The molecule has 2 aromatic rings. The molecule has 1 aromatic heterocycles. The summed E-state index contributed by atoms with van der Waals surface area (Å²) in [6.07, 6.45) is 7.03. The van der Waals surface area contributed by atoms with Crippen LogP contribution in [0.25, 0.3) is 11.3 Å². The maximum atomic E-state index is 6.32. The lowest BCUT2D eigenvalue weighted by atomic mass is 10.0.